The standard InChI is InChI=1S/C25H34NO3PSi/c1-3-23-24(16-18-27-23)28-30-26-17-10-15-22(26)25(29-30)19-31(2,20-11-6-4-7-12-20)21-13-8-5-9-14-21/h4-9,11-14,22-25H,3,10,15-19H2,1-2H3/t22-,23-,24?,25+,30+/m1/s1. The van der Waals surface area contributed by atoms with Crippen LogP contribution >= 0.6 is 8.53 Å². The van der Waals surface area contributed by atoms with Crippen LogP contribution in [0, 0.1) is 0 Å². The largest absolute Gasteiger partial charge is 0.375 e. The Labute approximate surface area is 188 Å². The first-order valence-electron chi connectivity index (χ1n) is 11.8. The molecule has 4 nitrogen and oxygen atoms in total. The second kappa shape index (κ2) is 9.42. The SMILES string of the molecule is CC[C@H]1OCCC1O[P@@]1O[C@@H](C[Si](C)(c2ccccc2)c2ccccc2)[C@H]2CCCN21. The molecule has 3 aliphatic heterocycles. The summed E-state index contributed by atoms with van der Waals surface area (Å²) in [4.78, 5) is 0. The molecular formula is C25H34NO3PSi. The van der Waals surface area contributed by atoms with Crippen LogP contribution in [0.3, 0.4) is 0 Å². The Morgan fingerprint density at radius 3 is 2.32 bits per heavy atom. The van der Waals surface area contributed by atoms with E-state index in [4.69, 9.17) is 13.8 Å². The van der Waals surface area contributed by atoms with Crippen molar-refractivity contribution in [2.75, 3.05) is 13.2 Å². The fourth-order valence-electron chi connectivity index (χ4n) is 5.53. The highest BCUT2D eigenvalue weighted by Gasteiger charge is 2.51. The van der Waals surface area contributed by atoms with Crippen LogP contribution in [-0.4, -0.2) is 50.2 Å². The summed E-state index contributed by atoms with van der Waals surface area (Å²) in [6.45, 7) is 6.62. The lowest BCUT2D eigenvalue weighted by Crippen LogP contribution is -2.58. The van der Waals surface area contributed by atoms with E-state index in [9.17, 15) is 0 Å². The molecule has 0 saturated carbocycles. The molecule has 0 spiro atoms. The van der Waals surface area contributed by atoms with Crippen molar-refractivity contribution in [3.63, 3.8) is 0 Å². The molecule has 0 aliphatic carbocycles. The van der Waals surface area contributed by atoms with Crippen molar-refractivity contribution in [3.05, 3.63) is 60.7 Å². The quantitative estimate of drug-likeness (QED) is 0.453. The van der Waals surface area contributed by atoms with E-state index in [2.05, 4.69) is 78.8 Å². The van der Waals surface area contributed by atoms with Crippen LogP contribution in [0.25, 0.3) is 0 Å². The Morgan fingerprint density at radius 2 is 1.68 bits per heavy atom. The van der Waals surface area contributed by atoms with Gasteiger partial charge in [0.05, 0.1) is 18.3 Å². The molecular weight excluding hydrogens is 421 g/mol. The molecule has 3 aliphatic rings. The van der Waals surface area contributed by atoms with E-state index in [0.717, 1.165) is 32.0 Å². The van der Waals surface area contributed by atoms with Gasteiger partial charge in [0.15, 0.2) is 0 Å². The fraction of sp³-hybridized carbons (Fsp3) is 0.520. The first-order chi connectivity index (χ1) is 15.2. The summed E-state index contributed by atoms with van der Waals surface area (Å²) in [7, 11) is -2.93. The Hall–Kier alpha value is -1.07. The van der Waals surface area contributed by atoms with E-state index in [1.165, 1.54) is 23.2 Å². The zero-order valence-electron chi connectivity index (χ0n) is 18.7. The van der Waals surface area contributed by atoms with Crippen LogP contribution in [0.15, 0.2) is 60.7 Å². The minimum atomic E-state index is -1.94. The molecule has 5 rings (SSSR count). The number of rotatable bonds is 7. The van der Waals surface area contributed by atoms with Gasteiger partial charge in [0.1, 0.15) is 8.07 Å². The summed E-state index contributed by atoms with van der Waals surface area (Å²) in [5.41, 5.74) is 0. The molecule has 6 heteroatoms. The van der Waals surface area contributed by atoms with Crippen molar-refractivity contribution >= 4 is 27.0 Å². The lowest BCUT2D eigenvalue weighted by atomic mass is 10.1. The predicted molar refractivity (Wildman–Crippen MR) is 130 cm³/mol. The van der Waals surface area contributed by atoms with Gasteiger partial charge in [-0.3, -0.25) is 0 Å². The topological polar surface area (TPSA) is 30.9 Å². The van der Waals surface area contributed by atoms with Gasteiger partial charge in [-0.2, -0.15) is 0 Å². The van der Waals surface area contributed by atoms with Gasteiger partial charge in [-0.05, 0) is 31.7 Å². The Kier molecular flexibility index (Phi) is 6.61. The lowest BCUT2D eigenvalue weighted by molar-refractivity contribution is 0.0472. The van der Waals surface area contributed by atoms with Gasteiger partial charge in [-0.1, -0.05) is 84.5 Å². The van der Waals surface area contributed by atoms with E-state index in [-0.39, 0.29) is 18.3 Å². The molecule has 3 fully saturated rings. The highest BCUT2D eigenvalue weighted by atomic mass is 31.2. The zero-order valence-corrected chi connectivity index (χ0v) is 20.5. The normalized spacial score (nSPS) is 31.2. The van der Waals surface area contributed by atoms with Gasteiger partial charge in [0.2, 0.25) is 0 Å². The predicted octanol–water partition coefficient (Wildman–Crippen LogP) is 4.55. The zero-order chi connectivity index (χ0) is 21.3. The second-order valence-electron chi connectivity index (χ2n) is 9.27. The van der Waals surface area contributed by atoms with Crippen molar-refractivity contribution < 1.29 is 13.8 Å². The second-order valence-corrected chi connectivity index (χ2v) is 14.9. The molecule has 2 aromatic carbocycles. The van der Waals surface area contributed by atoms with Gasteiger partial charge >= 0.3 is 0 Å². The number of hydrogen-bond acceptors (Lipinski definition) is 4. The van der Waals surface area contributed by atoms with Crippen molar-refractivity contribution in [2.24, 2.45) is 0 Å². The third kappa shape index (κ3) is 4.29. The number of benzene rings is 2. The number of ether oxygens (including phenoxy) is 1. The average Bonchev–Trinajstić information content (AvgIpc) is 3.54. The Bertz CT molecular complexity index is 815. The van der Waals surface area contributed by atoms with E-state index < -0.39 is 16.6 Å². The summed E-state index contributed by atoms with van der Waals surface area (Å²) < 4.78 is 21.8. The minimum Gasteiger partial charge on any atom is -0.375 e. The molecule has 0 bridgehead atoms. The average molecular weight is 456 g/mol. The minimum absolute atomic E-state index is 0.183. The van der Waals surface area contributed by atoms with E-state index in [0.29, 0.717) is 6.04 Å². The molecule has 166 valence electrons. The van der Waals surface area contributed by atoms with Crippen LogP contribution < -0.4 is 10.4 Å². The van der Waals surface area contributed by atoms with E-state index in [1.54, 1.807) is 0 Å². The number of nitrogens with zero attached hydrogens (tertiary/aromatic N) is 1. The molecule has 3 heterocycles. The highest BCUT2D eigenvalue weighted by Crippen LogP contribution is 2.58. The maximum absolute atomic E-state index is 6.77. The van der Waals surface area contributed by atoms with Gasteiger partial charge < -0.3 is 13.8 Å². The summed E-state index contributed by atoms with van der Waals surface area (Å²) >= 11 is 0. The van der Waals surface area contributed by atoms with E-state index in [1.807, 2.05) is 0 Å². The molecule has 5 atom stereocenters. The molecule has 0 amide bonds. The van der Waals surface area contributed by atoms with Gasteiger partial charge in [0, 0.05) is 19.2 Å². The van der Waals surface area contributed by atoms with Crippen LogP contribution in [0.2, 0.25) is 12.6 Å². The first kappa shape index (κ1) is 21.8. The van der Waals surface area contributed by atoms with Crippen LogP contribution in [0.5, 0.6) is 0 Å². The molecule has 0 aromatic heterocycles. The molecule has 3 saturated heterocycles. The van der Waals surface area contributed by atoms with Crippen molar-refractivity contribution in [2.45, 2.75) is 69.6 Å². The summed E-state index contributed by atoms with van der Waals surface area (Å²) in [5, 5.41) is 2.98. The lowest BCUT2D eigenvalue weighted by Gasteiger charge is -2.32. The van der Waals surface area contributed by atoms with Crippen LogP contribution in [-0.2, 0) is 13.8 Å². The smallest absolute Gasteiger partial charge is 0.259 e. The van der Waals surface area contributed by atoms with Crippen molar-refractivity contribution in [1.82, 2.24) is 4.67 Å². The van der Waals surface area contributed by atoms with Crippen molar-refractivity contribution in [1.29, 1.82) is 0 Å². The number of fused-ring (bicyclic) bond motifs is 1. The van der Waals surface area contributed by atoms with Crippen molar-refractivity contribution in [3.8, 4) is 0 Å². The molecule has 0 N–H and O–H groups in total. The summed E-state index contributed by atoms with van der Waals surface area (Å²) in [6, 6.07) is 23.8. The molecule has 2 aromatic rings. The third-order valence-electron chi connectivity index (χ3n) is 7.34. The monoisotopic (exact) mass is 455 g/mol. The first-order valence-corrected chi connectivity index (χ1v) is 15.7. The van der Waals surface area contributed by atoms with Crippen LogP contribution in [0.4, 0.5) is 0 Å². The van der Waals surface area contributed by atoms with Gasteiger partial charge in [-0.15, -0.1) is 0 Å². The number of hydrogen-bond donors (Lipinski definition) is 0. The maximum atomic E-state index is 6.77. The maximum Gasteiger partial charge on any atom is 0.259 e. The fourth-order valence-corrected chi connectivity index (χ4v) is 11.5. The van der Waals surface area contributed by atoms with Crippen LogP contribution in [0.1, 0.15) is 32.6 Å². The Morgan fingerprint density at radius 1 is 1.00 bits per heavy atom. The molecule has 0 radical (unpaired) electrons. The van der Waals surface area contributed by atoms with E-state index >= 15 is 0 Å². The molecule has 1 unspecified atom stereocenters. The van der Waals surface area contributed by atoms with Gasteiger partial charge in [-0.25, -0.2) is 4.67 Å². The highest BCUT2D eigenvalue weighted by molar-refractivity contribution is 7.45. The summed E-state index contributed by atoms with van der Waals surface area (Å²) in [6.07, 6.45) is 5.12. The summed E-state index contributed by atoms with van der Waals surface area (Å²) in [5.74, 6) is 0. The van der Waals surface area contributed by atoms with Gasteiger partial charge in [0.25, 0.3) is 8.53 Å². The Balaban J connectivity index is 1.39. The third-order valence-corrected chi connectivity index (χ3v) is 13.6. The molecule has 31 heavy (non-hydrogen) atoms.